The molecule has 24 heavy (non-hydrogen) atoms. The van der Waals surface area contributed by atoms with E-state index in [9.17, 15) is 31.1 Å². The van der Waals surface area contributed by atoms with Crippen LogP contribution in [0, 0.1) is 0 Å². The molecular formula is C15H15F6NO2. The normalized spacial score (nSPS) is 22.2. The monoisotopic (exact) mass is 355 g/mol. The highest BCUT2D eigenvalue weighted by Gasteiger charge is 2.43. The Balaban J connectivity index is 2.52. The van der Waals surface area contributed by atoms with E-state index in [1.54, 1.807) is 13.8 Å². The molecule has 0 aromatic heterocycles. The Hall–Kier alpha value is -1.93. The number of amides is 1. The third-order valence-corrected chi connectivity index (χ3v) is 3.81. The number of ether oxygens (including phenoxy) is 1. The van der Waals surface area contributed by atoms with Gasteiger partial charge in [-0.1, -0.05) is 0 Å². The molecule has 1 aromatic carbocycles. The lowest BCUT2D eigenvalue weighted by Crippen LogP contribution is -2.37. The summed E-state index contributed by atoms with van der Waals surface area (Å²) in [6, 6.07) is 0.235. The van der Waals surface area contributed by atoms with Crippen molar-refractivity contribution in [3.8, 4) is 0 Å². The predicted molar refractivity (Wildman–Crippen MR) is 72.1 cm³/mol. The standard InChI is InChI=1S/C15H15F6NO2/c1-7(2)22-8(3)12(24-13(22)23)9-4-10(14(16,17)18)6-11(5-9)15(19,20)21/h4-8,12H,1-3H3/t8-,12-/m0/s1. The van der Waals surface area contributed by atoms with Crippen LogP contribution in [0.2, 0.25) is 0 Å². The van der Waals surface area contributed by atoms with Crippen LogP contribution in [0.5, 0.6) is 0 Å². The summed E-state index contributed by atoms with van der Waals surface area (Å²) in [6.45, 7) is 4.87. The van der Waals surface area contributed by atoms with Crippen LogP contribution in [0.15, 0.2) is 18.2 Å². The smallest absolute Gasteiger partial charge is 0.416 e. The zero-order chi connectivity index (χ0) is 18.4. The molecule has 0 saturated carbocycles. The van der Waals surface area contributed by atoms with Gasteiger partial charge in [-0.15, -0.1) is 0 Å². The molecule has 1 aliphatic rings. The Morgan fingerprint density at radius 1 is 1.00 bits per heavy atom. The number of hydrogen-bond acceptors (Lipinski definition) is 2. The van der Waals surface area contributed by atoms with Crippen LogP contribution < -0.4 is 0 Å². The van der Waals surface area contributed by atoms with Crippen LogP contribution in [0.3, 0.4) is 0 Å². The van der Waals surface area contributed by atoms with Gasteiger partial charge in [-0.25, -0.2) is 4.79 Å². The van der Waals surface area contributed by atoms with E-state index in [1.807, 2.05) is 0 Å². The molecule has 1 fully saturated rings. The molecule has 1 amide bonds. The summed E-state index contributed by atoms with van der Waals surface area (Å²) in [5.41, 5.74) is -3.20. The van der Waals surface area contributed by atoms with Crippen molar-refractivity contribution in [3.63, 3.8) is 0 Å². The number of rotatable bonds is 2. The van der Waals surface area contributed by atoms with E-state index in [0.717, 1.165) is 0 Å². The maximum absolute atomic E-state index is 12.9. The van der Waals surface area contributed by atoms with Crippen LogP contribution in [-0.4, -0.2) is 23.1 Å². The number of cyclic esters (lactones) is 1. The minimum atomic E-state index is -4.94. The van der Waals surface area contributed by atoms with Crippen molar-refractivity contribution in [2.75, 3.05) is 0 Å². The summed E-state index contributed by atoms with van der Waals surface area (Å²) in [7, 11) is 0. The number of halogens is 6. The maximum Gasteiger partial charge on any atom is 0.416 e. The Morgan fingerprint density at radius 3 is 1.79 bits per heavy atom. The second-order valence-electron chi connectivity index (χ2n) is 5.89. The van der Waals surface area contributed by atoms with Gasteiger partial charge in [0.15, 0.2) is 0 Å². The molecule has 0 spiro atoms. The number of nitrogens with zero attached hydrogens (tertiary/aromatic N) is 1. The van der Waals surface area contributed by atoms with Gasteiger partial charge in [-0.2, -0.15) is 26.3 Å². The highest BCUT2D eigenvalue weighted by molar-refractivity contribution is 5.71. The molecule has 1 saturated heterocycles. The summed E-state index contributed by atoms with van der Waals surface area (Å²) in [5.74, 6) is 0. The summed E-state index contributed by atoms with van der Waals surface area (Å²) in [6.07, 6.45) is -11.9. The fraction of sp³-hybridized carbons (Fsp3) is 0.533. The van der Waals surface area contributed by atoms with Gasteiger partial charge < -0.3 is 4.74 Å². The van der Waals surface area contributed by atoms with Crippen LogP contribution in [-0.2, 0) is 17.1 Å². The first-order chi connectivity index (χ1) is 10.8. The van der Waals surface area contributed by atoms with Gasteiger partial charge in [0.2, 0.25) is 0 Å². The van der Waals surface area contributed by atoms with Crippen molar-refractivity contribution >= 4 is 6.09 Å². The lowest BCUT2D eigenvalue weighted by molar-refractivity contribution is -0.143. The molecule has 2 rings (SSSR count). The fourth-order valence-electron chi connectivity index (χ4n) is 2.75. The van der Waals surface area contributed by atoms with Gasteiger partial charge in [0.1, 0.15) is 6.10 Å². The molecule has 1 aliphatic heterocycles. The van der Waals surface area contributed by atoms with Gasteiger partial charge >= 0.3 is 18.4 Å². The van der Waals surface area contributed by atoms with Crippen molar-refractivity contribution in [1.82, 2.24) is 4.90 Å². The molecule has 134 valence electrons. The largest absolute Gasteiger partial charge is 0.439 e. The van der Waals surface area contributed by atoms with Crippen molar-refractivity contribution in [3.05, 3.63) is 34.9 Å². The number of carbonyl (C=O) groups is 1. The van der Waals surface area contributed by atoms with Crippen molar-refractivity contribution in [2.45, 2.75) is 51.3 Å². The predicted octanol–water partition coefficient (Wildman–Crippen LogP) is 5.01. The highest BCUT2D eigenvalue weighted by Crippen LogP contribution is 2.40. The summed E-state index contributed by atoms with van der Waals surface area (Å²) in [5, 5.41) is 0. The molecule has 1 heterocycles. The van der Waals surface area contributed by atoms with Crippen molar-refractivity contribution < 1.29 is 35.9 Å². The molecule has 2 atom stereocenters. The number of carbonyl (C=O) groups excluding carboxylic acids is 1. The minimum absolute atomic E-state index is 0.0468. The first kappa shape index (κ1) is 18.4. The zero-order valence-corrected chi connectivity index (χ0v) is 13.0. The van der Waals surface area contributed by atoms with Crippen molar-refractivity contribution in [1.29, 1.82) is 0 Å². The summed E-state index contributed by atoms with van der Waals surface area (Å²) >= 11 is 0. The van der Waals surface area contributed by atoms with Crippen LogP contribution in [0.1, 0.15) is 43.6 Å². The quantitative estimate of drug-likeness (QED) is 0.698. The minimum Gasteiger partial charge on any atom is -0.439 e. The van der Waals surface area contributed by atoms with E-state index in [0.29, 0.717) is 12.1 Å². The molecule has 0 bridgehead atoms. The maximum atomic E-state index is 12.9. The molecule has 9 heteroatoms. The second-order valence-corrected chi connectivity index (χ2v) is 5.89. The van der Waals surface area contributed by atoms with E-state index in [4.69, 9.17) is 4.74 Å². The van der Waals surface area contributed by atoms with Crippen LogP contribution >= 0.6 is 0 Å². The Morgan fingerprint density at radius 2 is 1.46 bits per heavy atom. The topological polar surface area (TPSA) is 29.5 Å². The number of hydrogen-bond donors (Lipinski definition) is 0. The lowest BCUT2D eigenvalue weighted by atomic mass is 9.97. The molecule has 0 N–H and O–H groups in total. The SMILES string of the molecule is CC(C)N1C(=O)O[C@H](c2cc(C(F)(F)F)cc(C(F)(F)F)c2)[C@@H]1C. The first-order valence-electron chi connectivity index (χ1n) is 7.10. The van der Waals surface area contributed by atoms with Crippen LogP contribution in [0.25, 0.3) is 0 Å². The third-order valence-electron chi connectivity index (χ3n) is 3.81. The number of benzene rings is 1. The van der Waals surface area contributed by atoms with Gasteiger partial charge in [0.25, 0.3) is 0 Å². The van der Waals surface area contributed by atoms with E-state index in [1.165, 1.54) is 11.8 Å². The Bertz CT molecular complexity index is 606. The van der Waals surface area contributed by atoms with E-state index < -0.39 is 41.7 Å². The van der Waals surface area contributed by atoms with Crippen LogP contribution in [0.4, 0.5) is 31.1 Å². The molecule has 0 radical (unpaired) electrons. The summed E-state index contributed by atoms with van der Waals surface area (Å²) < 4.78 is 82.5. The van der Waals surface area contributed by atoms with Gasteiger partial charge in [-0.05, 0) is 44.5 Å². The molecule has 0 aliphatic carbocycles. The lowest BCUT2D eigenvalue weighted by Gasteiger charge is -2.25. The van der Waals surface area contributed by atoms with E-state index in [2.05, 4.69) is 0 Å². The zero-order valence-electron chi connectivity index (χ0n) is 13.0. The van der Waals surface area contributed by atoms with Crippen molar-refractivity contribution in [2.24, 2.45) is 0 Å². The fourth-order valence-corrected chi connectivity index (χ4v) is 2.75. The average Bonchev–Trinajstić information content (AvgIpc) is 2.71. The molecule has 0 unspecified atom stereocenters. The molecule has 3 nitrogen and oxygen atoms in total. The molecule has 1 aromatic rings. The third kappa shape index (κ3) is 3.44. The summed E-state index contributed by atoms with van der Waals surface area (Å²) in [4.78, 5) is 13.1. The van der Waals surface area contributed by atoms with Gasteiger partial charge in [0.05, 0.1) is 17.2 Å². The molecular weight excluding hydrogens is 340 g/mol. The second kappa shape index (κ2) is 5.86. The number of alkyl halides is 6. The highest BCUT2D eigenvalue weighted by atomic mass is 19.4. The van der Waals surface area contributed by atoms with Gasteiger partial charge in [-0.3, -0.25) is 4.90 Å². The van der Waals surface area contributed by atoms with E-state index in [-0.39, 0.29) is 17.7 Å². The van der Waals surface area contributed by atoms with Gasteiger partial charge in [0, 0.05) is 6.04 Å². The Labute approximate surface area is 134 Å². The van der Waals surface area contributed by atoms with E-state index >= 15 is 0 Å². The first-order valence-corrected chi connectivity index (χ1v) is 7.10. The Kier molecular flexibility index (Phi) is 4.49. The average molecular weight is 355 g/mol.